The molecule has 4 nitrogen and oxygen atoms in total. The summed E-state index contributed by atoms with van der Waals surface area (Å²) >= 11 is 3.34. The van der Waals surface area contributed by atoms with Gasteiger partial charge >= 0.3 is 5.63 Å². The van der Waals surface area contributed by atoms with E-state index in [9.17, 15) is 4.79 Å². The third-order valence-electron chi connectivity index (χ3n) is 3.14. The van der Waals surface area contributed by atoms with Gasteiger partial charge in [0.05, 0.1) is 14.2 Å². The number of rotatable bonds is 4. The second-order valence-corrected chi connectivity index (χ2v) is 4.93. The van der Waals surface area contributed by atoms with E-state index in [2.05, 4.69) is 15.9 Å². The van der Waals surface area contributed by atoms with Gasteiger partial charge in [-0.05, 0) is 25.0 Å². The first kappa shape index (κ1) is 13.9. The summed E-state index contributed by atoms with van der Waals surface area (Å²) in [6, 6.07) is 3.52. The van der Waals surface area contributed by atoms with Gasteiger partial charge in [-0.2, -0.15) is 0 Å². The van der Waals surface area contributed by atoms with Crippen LogP contribution in [0.1, 0.15) is 11.1 Å². The minimum Gasteiger partial charge on any atom is -0.493 e. The summed E-state index contributed by atoms with van der Waals surface area (Å²) in [4.78, 5) is 11.9. The molecule has 102 valence electrons. The number of hydrogen-bond acceptors (Lipinski definition) is 4. The minimum absolute atomic E-state index is 0.295. The molecule has 1 aromatic heterocycles. The molecule has 0 radical (unpaired) electrons. The molecular formula is C14H15BrO4. The molecule has 19 heavy (non-hydrogen) atoms. The highest BCUT2D eigenvalue weighted by Crippen LogP contribution is 2.33. The van der Waals surface area contributed by atoms with Crippen LogP contribution in [0.2, 0.25) is 0 Å². The normalized spacial score (nSPS) is 10.7. The highest BCUT2D eigenvalue weighted by molar-refractivity contribution is 9.09. The lowest BCUT2D eigenvalue weighted by molar-refractivity contribution is 0.355. The molecule has 2 rings (SSSR count). The van der Waals surface area contributed by atoms with Crippen molar-refractivity contribution in [3.05, 3.63) is 33.7 Å². The van der Waals surface area contributed by atoms with Gasteiger partial charge in [-0.25, -0.2) is 4.79 Å². The zero-order chi connectivity index (χ0) is 14.0. The molecule has 0 saturated carbocycles. The van der Waals surface area contributed by atoms with E-state index in [0.29, 0.717) is 29.1 Å². The number of halogens is 1. The molecule has 0 amide bonds. The molecule has 0 saturated heterocycles. The van der Waals surface area contributed by atoms with Crippen LogP contribution in [-0.4, -0.2) is 19.5 Å². The fourth-order valence-electron chi connectivity index (χ4n) is 2.10. The molecule has 0 aliphatic heterocycles. The molecule has 0 fully saturated rings. The first-order valence-electron chi connectivity index (χ1n) is 5.86. The van der Waals surface area contributed by atoms with Crippen molar-refractivity contribution in [3.8, 4) is 11.5 Å². The zero-order valence-electron chi connectivity index (χ0n) is 11.1. The van der Waals surface area contributed by atoms with Crippen molar-refractivity contribution in [1.29, 1.82) is 0 Å². The fraction of sp³-hybridized carbons (Fsp3) is 0.357. The van der Waals surface area contributed by atoms with E-state index in [1.54, 1.807) is 20.3 Å². The second-order valence-electron chi connectivity index (χ2n) is 4.14. The smallest absolute Gasteiger partial charge is 0.339 e. The molecular weight excluding hydrogens is 312 g/mol. The number of ether oxygens (including phenoxy) is 2. The quantitative estimate of drug-likeness (QED) is 0.640. The van der Waals surface area contributed by atoms with Crippen LogP contribution in [0.5, 0.6) is 11.5 Å². The van der Waals surface area contributed by atoms with E-state index in [0.717, 1.165) is 16.3 Å². The lowest BCUT2D eigenvalue weighted by Gasteiger charge is -2.11. The van der Waals surface area contributed by atoms with E-state index in [1.807, 2.05) is 13.0 Å². The summed E-state index contributed by atoms with van der Waals surface area (Å²) in [7, 11) is 3.13. The van der Waals surface area contributed by atoms with Gasteiger partial charge in [0.15, 0.2) is 11.5 Å². The predicted octanol–water partition coefficient (Wildman–Crippen LogP) is 3.06. The third-order valence-corrected chi connectivity index (χ3v) is 3.53. The Kier molecular flexibility index (Phi) is 4.14. The average Bonchev–Trinajstić information content (AvgIpc) is 2.42. The molecule has 0 aliphatic rings. The van der Waals surface area contributed by atoms with Crippen molar-refractivity contribution in [2.45, 2.75) is 13.3 Å². The lowest BCUT2D eigenvalue weighted by atomic mass is 10.0. The Morgan fingerprint density at radius 3 is 2.42 bits per heavy atom. The van der Waals surface area contributed by atoms with Gasteiger partial charge in [-0.1, -0.05) is 15.9 Å². The summed E-state index contributed by atoms with van der Waals surface area (Å²) in [6.45, 7) is 1.92. The number of fused-ring (bicyclic) bond motifs is 1. The Morgan fingerprint density at radius 2 is 1.84 bits per heavy atom. The summed E-state index contributed by atoms with van der Waals surface area (Å²) in [5.41, 5.74) is 1.83. The Hall–Kier alpha value is -1.49. The van der Waals surface area contributed by atoms with Gasteiger partial charge in [0.2, 0.25) is 0 Å². The Morgan fingerprint density at radius 1 is 1.21 bits per heavy atom. The van der Waals surface area contributed by atoms with Crippen LogP contribution in [0.15, 0.2) is 21.3 Å². The van der Waals surface area contributed by atoms with Crippen LogP contribution in [-0.2, 0) is 6.42 Å². The van der Waals surface area contributed by atoms with Crippen molar-refractivity contribution < 1.29 is 13.9 Å². The number of hydrogen-bond donors (Lipinski definition) is 0. The van der Waals surface area contributed by atoms with Crippen LogP contribution < -0.4 is 15.1 Å². The zero-order valence-corrected chi connectivity index (χ0v) is 12.7. The molecule has 0 unspecified atom stereocenters. The first-order chi connectivity index (χ1) is 9.12. The van der Waals surface area contributed by atoms with Crippen molar-refractivity contribution in [1.82, 2.24) is 0 Å². The summed E-state index contributed by atoms with van der Waals surface area (Å²) in [6.07, 6.45) is 0.637. The van der Waals surface area contributed by atoms with E-state index in [1.165, 1.54) is 0 Å². The van der Waals surface area contributed by atoms with E-state index in [4.69, 9.17) is 13.9 Å². The second kappa shape index (κ2) is 5.65. The molecule has 0 aliphatic carbocycles. The maximum Gasteiger partial charge on any atom is 0.339 e. The highest BCUT2D eigenvalue weighted by atomic mass is 79.9. The number of aryl methyl sites for hydroxylation is 1. The number of methoxy groups -OCH3 is 2. The average molecular weight is 327 g/mol. The van der Waals surface area contributed by atoms with Gasteiger partial charge in [0, 0.05) is 22.3 Å². The van der Waals surface area contributed by atoms with Crippen molar-refractivity contribution in [2.75, 3.05) is 19.5 Å². The topological polar surface area (TPSA) is 48.7 Å². The van der Waals surface area contributed by atoms with Crippen LogP contribution >= 0.6 is 15.9 Å². The van der Waals surface area contributed by atoms with Gasteiger partial charge < -0.3 is 13.9 Å². The van der Waals surface area contributed by atoms with Crippen molar-refractivity contribution in [2.24, 2.45) is 0 Å². The maximum atomic E-state index is 11.9. The standard InChI is InChI=1S/C14H15BrO4/c1-8-9(4-5-15)14(16)19-11-7-13(18-3)12(17-2)6-10(8)11/h6-7H,4-5H2,1-3H3. The highest BCUT2D eigenvalue weighted by Gasteiger charge is 2.14. The minimum atomic E-state index is -0.295. The molecule has 2 aromatic rings. The molecule has 0 atom stereocenters. The molecule has 0 spiro atoms. The van der Waals surface area contributed by atoms with Crippen LogP contribution in [0.3, 0.4) is 0 Å². The Labute approximate surface area is 119 Å². The SMILES string of the molecule is COc1cc2oc(=O)c(CCBr)c(C)c2cc1OC. The van der Waals surface area contributed by atoms with Gasteiger partial charge in [-0.3, -0.25) is 0 Å². The predicted molar refractivity (Wildman–Crippen MR) is 77.8 cm³/mol. The lowest BCUT2D eigenvalue weighted by Crippen LogP contribution is -2.11. The fourth-order valence-corrected chi connectivity index (χ4v) is 2.50. The van der Waals surface area contributed by atoms with Crippen LogP contribution in [0, 0.1) is 6.92 Å². The summed E-state index contributed by atoms with van der Waals surface area (Å²) in [5.74, 6) is 1.17. The van der Waals surface area contributed by atoms with E-state index >= 15 is 0 Å². The molecule has 1 heterocycles. The van der Waals surface area contributed by atoms with Crippen molar-refractivity contribution in [3.63, 3.8) is 0 Å². The van der Waals surface area contributed by atoms with Crippen molar-refractivity contribution >= 4 is 26.9 Å². The van der Waals surface area contributed by atoms with Crippen LogP contribution in [0.4, 0.5) is 0 Å². The van der Waals surface area contributed by atoms with Crippen LogP contribution in [0.25, 0.3) is 11.0 Å². The largest absolute Gasteiger partial charge is 0.493 e. The monoisotopic (exact) mass is 326 g/mol. The third kappa shape index (κ3) is 2.47. The molecule has 0 bridgehead atoms. The Balaban J connectivity index is 2.78. The first-order valence-corrected chi connectivity index (χ1v) is 6.98. The van der Waals surface area contributed by atoms with Gasteiger partial charge in [0.25, 0.3) is 0 Å². The molecule has 0 N–H and O–H groups in total. The Bertz CT molecular complexity index is 661. The number of benzene rings is 1. The van der Waals surface area contributed by atoms with Gasteiger partial charge in [-0.15, -0.1) is 0 Å². The molecule has 5 heteroatoms. The maximum absolute atomic E-state index is 11.9. The molecule has 1 aromatic carbocycles. The van der Waals surface area contributed by atoms with E-state index < -0.39 is 0 Å². The summed E-state index contributed by atoms with van der Waals surface area (Å²) < 4.78 is 15.8. The number of alkyl halides is 1. The van der Waals surface area contributed by atoms with E-state index in [-0.39, 0.29) is 5.63 Å². The summed E-state index contributed by atoms with van der Waals surface area (Å²) in [5, 5.41) is 1.59. The van der Waals surface area contributed by atoms with Gasteiger partial charge in [0.1, 0.15) is 5.58 Å².